The second-order valence-electron chi connectivity index (χ2n) is 6.51. The number of piperidine rings is 1. The number of hydrogen-bond acceptors (Lipinski definition) is 5. The molecule has 1 N–H and O–H groups in total. The number of nitrogens with zero attached hydrogens (tertiary/aromatic N) is 3. The maximum absolute atomic E-state index is 13.3. The largest absolute Gasteiger partial charge is 0.336 e. The molecule has 0 aliphatic carbocycles. The lowest BCUT2D eigenvalue weighted by molar-refractivity contribution is -0.135. The molecule has 1 amide bonds. The van der Waals surface area contributed by atoms with E-state index in [4.69, 9.17) is 0 Å². The molecule has 1 aromatic heterocycles. The Hall–Kier alpha value is -1.28. The summed E-state index contributed by atoms with van der Waals surface area (Å²) in [5.74, 6) is -0.00322. The van der Waals surface area contributed by atoms with Crippen LogP contribution in [0.25, 0.3) is 10.2 Å². The fourth-order valence-corrected chi connectivity index (χ4v) is 4.68. The first kappa shape index (κ1) is 18.5. The minimum Gasteiger partial charge on any atom is -0.336 e. The Morgan fingerprint density at radius 2 is 2.24 bits per heavy atom. The summed E-state index contributed by atoms with van der Waals surface area (Å²) in [5, 5.41) is 4.15. The van der Waals surface area contributed by atoms with Crippen LogP contribution in [0.3, 0.4) is 0 Å². The SMILES string of the molecule is Cl.O=C1CNCCN1C1CCCN(Cc2nc3ccc(F)cc3s2)C1. The van der Waals surface area contributed by atoms with Gasteiger partial charge in [0.05, 0.1) is 23.3 Å². The number of hydrogen-bond donors (Lipinski definition) is 1. The number of aromatic nitrogens is 1. The van der Waals surface area contributed by atoms with E-state index in [0.717, 1.165) is 60.8 Å². The van der Waals surface area contributed by atoms with Gasteiger partial charge in [0, 0.05) is 25.7 Å². The second-order valence-corrected chi connectivity index (χ2v) is 7.63. The van der Waals surface area contributed by atoms with Gasteiger partial charge in [0.2, 0.25) is 5.91 Å². The van der Waals surface area contributed by atoms with E-state index >= 15 is 0 Å². The van der Waals surface area contributed by atoms with Crippen molar-refractivity contribution >= 4 is 39.9 Å². The molecule has 0 radical (unpaired) electrons. The highest BCUT2D eigenvalue weighted by molar-refractivity contribution is 7.18. The van der Waals surface area contributed by atoms with Gasteiger partial charge in [-0.1, -0.05) is 0 Å². The Bertz CT molecular complexity index is 755. The molecule has 2 fully saturated rings. The van der Waals surface area contributed by atoms with Crippen LogP contribution < -0.4 is 5.32 Å². The van der Waals surface area contributed by atoms with Gasteiger partial charge in [0.15, 0.2) is 0 Å². The molecule has 1 aromatic carbocycles. The molecular formula is C17H22ClFN4OS. The second kappa shape index (κ2) is 7.95. The highest BCUT2D eigenvalue weighted by Gasteiger charge is 2.30. The molecule has 8 heteroatoms. The van der Waals surface area contributed by atoms with Gasteiger partial charge in [-0.3, -0.25) is 9.69 Å². The number of benzene rings is 1. The minimum atomic E-state index is -0.215. The van der Waals surface area contributed by atoms with Crippen LogP contribution in [-0.2, 0) is 11.3 Å². The third-order valence-corrected chi connectivity index (χ3v) is 5.80. The van der Waals surface area contributed by atoms with Gasteiger partial charge < -0.3 is 10.2 Å². The van der Waals surface area contributed by atoms with Crippen molar-refractivity contribution in [2.75, 3.05) is 32.7 Å². The zero-order chi connectivity index (χ0) is 16.5. The number of nitrogens with one attached hydrogen (secondary N) is 1. The first-order valence-corrected chi connectivity index (χ1v) is 9.28. The van der Waals surface area contributed by atoms with Crippen molar-refractivity contribution < 1.29 is 9.18 Å². The zero-order valence-corrected chi connectivity index (χ0v) is 15.5. The number of carbonyl (C=O) groups excluding carboxylic acids is 1. The molecule has 25 heavy (non-hydrogen) atoms. The first-order valence-electron chi connectivity index (χ1n) is 8.46. The summed E-state index contributed by atoms with van der Waals surface area (Å²) in [7, 11) is 0. The fourth-order valence-electron chi connectivity index (χ4n) is 3.64. The van der Waals surface area contributed by atoms with Crippen molar-refractivity contribution in [2.45, 2.75) is 25.4 Å². The summed E-state index contributed by atoms with van der Waals surface area (Å²) >= 11 is 1.56. The van der Waals surface area contributed by atoms with Gasteiger partial charge in [-0.25, -0.2) is 9.37 Å². The summed E-state index contributed by atoms with van der Waals surface area (Å²) in [6, 6.07) is 5.05. The van der Waals surface area contributed by atoms with Crippen molar-refractivity contribution in [1.82, 2.24) is 20.1 Å². The number of halogens is 2. The molecule has 2 aromatic rings. The minimum absolute atomic E-state index is 0. The maximum atomic E-state index is 13.3. The Morgan fingerprint density at radius 3 is 3.08 bits per heavy atom. The van der Waals surface area contributed by atoms with Crippen molar-refractivity contribution in [3.8, 4) is 0 Å². The molecule has 0 saturated carbocycles. The van der Waals surface area contributed by atoms with Crippen LogP contribution in [-0.4, -0.2) is 59.5 Å². The lowest BCUT2D eigenvalue weighted by Gasteiger charge is -2.40. The van der Waals surface area contributed by atoms with E-state index in [-0.39, 0.29) is 24.1 Å². The average molecular weight is 385 g/mol. The molecule has 1 unspecified atom stereocenters. The molecular weight excluding hydrogens is 363 g/mol. The first-order chi connectivity index (χ1) is 11.7. The highest BCUT2D eigenvalue weighted by atomic mass is 35.5. The quantitative estimate of drug-likeness (QED) is 0.881. The highest BCUT2D eigenvalue weighted by Crippen LogP contribution is 2.25. The van der Waals surface area contributed by atoms with Gasteiger partial charge in [-0.15, -0.1) is 23.7 Å². The van der Waals surface area contributed by atoms with Crippen LogP contribution in [0.1, 0.15) is 17.8 Å². The van der Waals surface area contributed by atoms with Gasteiger partial charge in [-0.05, 0) is 37.6 Å². The van der Waals surface area contributed by atoms with Crippen molar-refractivity contribution in [2.24, 2.45) is 0 Å². The van der Waals surface area contributed by atoms with E-state index in [1.54, 1.807) is 23.5 Å². The molecule has 1 atom stereocenters. The lowest BCUT2D eigenvalue weighted by Crippen LogP contribution is -2.56. The third kappa shape index (κ3) is 4.11. The molecule has 3 heterocycles. The van der Waals surface area contributed by atoms with E-state index < -0.39 is 0 Å². The standard InChI is InChI=1S/C17H21FN4OS.ClH/c18-12-3-4-14-15(8-12)24-16(20-14)11-21-6-1-2-13(10-21)22-7-5-19-9-17(22)23;/h3-4,8,13,19H,1-2,5-7,9-11H2;1H. The number of fused-ring (bicyclic) bond motifs is 1. The van der Waals surface area contributed by atoms with Crippen LogP contribution in [0.4, 0.5) is 4.39 Å². The summed E-state index contributed by atoms with van der Waals surface area (Å²) in [6.07, 6.45) is 2.18. The molecule has 2 aliphatic heterocycles. The predicted molar refractivity (Wildman–Crippen MR) is 99.7 cm³/mol. The molecule has 0 bridgehead atoms. The monoisotopic (exact) mass is 384 g/mol. The fraction of sp³-hybridized carbons (Fsp3) is 0.529. The van der Waals surface area contributed by atoms with E-state index in [2.05, 4.69) is 15.2 Å². The Morgan fingerprint density at radius 1 is 1.36 bits per heavy atom. The van der Waals surface area contributed by atoms with E-state index in [1.165, 1.54) is 6.07 Å². The lowest BCUT2D eigenvalue weighted by atomic mass is 10.0. The van der Waals surface area contributed by atoms with Crippen molar-refractivity contribution in [1.29, 1.82) is 0 Å². The zero-order valence-electron chi connectivity index (χ0n) is 13.9. The normalized spacial score (nSPS) is 22.2. The predicted octanol–water partition coefficient (Wildman–Crippen LogP) is 2.25. The van der Waals surface area contributed by atoms with E-state index in [9.17, 15) is 9.18 Å². The van der Waals surface area contributed by atoms with E-state index in [1.807, 2.05) is 4.90 Å². The molecule has 136 valence electrons. The number of rotatable bonds is 3. The average Bonchev–Trinajstić information content (AvgIpc) is 2.97. The van der Waals surface area contributed by atoms with Gasteiger partial charge in [0.25, 0.3) is 0 Å². The maximum Gasteiger partial charge on any atom is 0.236 e. The molecule has 2 aliphatic rings. The van der Waals surface area contributed by atoms with Crippen LogP contribution in [0.5, 0.6) is 0 Å². The molecule has 2 saturated heterocycles. The number of amides is 1. The van der Waals surface area contributed by atoms with Crippen LogP contribution in [0.15, 0.2) is 18.2 Å². The Labute approximate surface area is 156 Å². The smallest absolute Gasteiger partial charge is 0.236 e. The van der Waals surface area contributed by atoms with E-state index in [0.29, 0.717) is 12.6 Å². The van der Waals surface area contributed by atoms with Gasteiger partial charge in [0.1, 0.15) is 10.8 Å². The Balaban J connectivity index is 0.00000182. The summed E-state index contributed by atoms with van der Waals surface area (Å²) < 4.78 is 14.2. The van der Waals surface area contributed by atoms with Crippen molar-refractivity contribution in [3.05, 3.63) is 29.0 Å². The number of piperazine rings is 1. The summed E-state index contributed by atoms with van der Waals surface area (Å²) in [6.45, 7) is 4.85. The topological polar surface area (TPSA) is 48.5 Å². The number of thiazole rings is 1. The molecule has 0 spiro atoms. The van der Waals surface area contributed by atoms with Gasteiger partial charge >= 0.3 is 0 Å². The summed E-state index contributed by atoms with van der Waals surface area (Å²) in [5.41, 5.74) is 0.863. The van der Waals surface area contributed by atoms with Crippen LogP contribution in [0, 0.1) is 5.82 Å². The third-order valence-electron chi connectivity index (χ3n) is 4.80. The van der Waals surface area contributed by atoms with Crippen LogP contribution >= 0.6 is 23.7 Å². The Kier molecular flexibility index (Phi) is 5.89. The summed E-state index contributed by atoms with van der Waals surface area (Å²) in [4.78, 5) is 21.1. The number of carbonyl (C=O) groups is 1. The molecule has 5 nitrogen and oxygen atoms in total. The van der Waals surface area contributed by atoms with Crippen LogP contribution in [0.2, 0.25) is 0 Å². The van der Waals surface area contributed by atoms with Crippen molar-refractivity contribution in [3.63, 3.8) is 0 Å². The number of likely N-dealkylation sites (tertiary alicyclic amines) is 1. The van der Waals surface area contributed by atoms with Gasteiger partial charge in [-0.2, -0.15) is 0 Å². The molecule has 4 rings (SSSR count).